The largest absolute Gasteiger partial charge is 0.462 e. The van der Waals surface area contributed by atoms with E-state index in [1.165, 1.54) is 0 Å². The Morgan fingerprint density at radius 2 is 2.09 bits per heavy atom. The van der Waals surface area contributed by atoms with Crippen molar-refractivity contribution in [2.75, 3.05) is 0 Å². The van der Waals surface area contributed by atoms with Gasteiger partial charge in [-0.15, -0.1) is 0 Å². The molecule has 0 amide bonds. The van der Waals surface area contributed by atoms with Crippen molar-refractivity contribution in [1.29, 1.82) is 0 Å². The van der Waals surface area contributed by atoms with E-state index in [1.54, 1.807) is 6.08 Å². The molecule has 2 rings (SSSR count). The number of fused-ring (bicyclic) bond motifs is 1. The van der Waals surface area contributed by atoms with Gasteiger partial charge in [-0.2, -0.15) is 0 Å². The van der Waals surface area contributed by atoms with Gasteiger partial charge < -0.3 is 4.74 Å². The summed E-state index contributed by atoms with van der Waals surface area (Å²) < 4.78 is 5.60. The number of esters is 1. The Morgan fingerprint density at radius 3 is 2.91 bits per heavy atom. The second kappa shape index (κ2) is 9.29. The molecule has 1 aliphatic carbocycles. The van der Waals surface area contributed by atoms with Crippen LogP contribution in [0.1, 0.15) is 51.9 Å². The average Bonchev–Trinajstić information content (AvgIpc) is 2.88. The SMILES string of the molecule is CC/C=C\CC1C/C=C2/C(=O)C=CC2C/C=C\CCCC(=O)O1. The van der Waals surface area contributed by atoms with Gasteiger partial charge >= 0.3 is 5.97 Å². The first kappa shape index (κ1) is 17.5. The summed E-state index contributed by atoms with van der Waals surface area (Å²) in [6.45, 7) is 2.08. The van der Waals surface area contributed by atoms with Crippen LogP contribution in [-0.2, 0) is 14.3 Å². The first-order chi connectivity index (χ1) is 11.2. The molecule has 0 aromatic rings. The fraction of sp³-hybridized carbons (Fsp3) is 0.500. The number of allylic oxidation sites excluding steroid dienone is 6. The van der Waals surface area contributed by atoms with Crippen molar-refractivity contribution in [3.8, 4) is 0 Å². The minimum absolute atomic E-state index is 0.0902. The van der Waals surface area contributed by atoms with Crippen molar-refractivity contribution in [2.45, 2.75) is 58.0 Å². The van der Waals surface area contributed by atoms with E-state index in [0.29, 0.717) is 19.3 Å². The number of hydrogen-bond donors (Lipinski definition) is 0. The van der Waals surface area contributed by atoms with Crippen LogP contribution >= 0.6 is 0 Å². The lowest BCUT2D eigenvalue weighted by Crippen LogP contribution is -2.17. The molecule has 2 unspecified atom stereocenters. The molecule has 0 aromatic heterocycles. The van der Waals surface area contributed by atoms with Crippen LogP contribution in [-0.4, -0.2) is 17.9 Å². The predicted molar refractivity (Wildman–Crippen MR) is 91.9 cm³/mol. The zero-order chi connectivity index (χ0) is 16.5. The van der Waals surface area contributed by atoms with Gasteiger partial charge in [0.1, 0.15) is 6.10 Å². The molecule has 0 spiro atoms. The van der Waals surface area contributed by atoms with E-state index in [-0.39, 0.29) is 23.8 Å². The Balaban J connectivity index is 2.12. The molecule has 1 aliphatic heterocycles. The van der Waals surface area contributed by atoms with Gasteiger partial charge in [0, 0.05) is 30.8 Å². The summed E-state index contributed by atoms with van der Waals surface area (Å²) in [5.41, 5.74) is 0.842. The molecular formula is C20H26O3. The number of carbonyl (C=O) groups is 2. The molecular weight excluding hydrogens is 288 g/mol. The molecule has 3 nitrogen and oxygen atoms in total. The summed E-state index contributed by atoms with van der Waals surface area (Å²) in [5.74, 6) is 0.118. The lowest BCUT2D eigenvalue weighted by molar-refractivity contribution is -0.148. The van der Waals surface area contributed by atoms with Gasteiger partial charge in [-0.05, 0) is 31.8 Å². The third kappa shape index (κ3) is 5.66. The quantitative estimate of drug-likeness (QED) is 0.571. The highest BCUT2D eigenvalue weighted by Crippen LogP contribution is 2.27. The molecule has 2 aliphatic rings. The van der Waals surface area contributed by atoms with Crippen LogP contribution < -0.4 is 0 Å². The number of cyclic esters (lactones) is 1. The molecule has 124 valence electrons. The van der Waals surface area contributed by atoms with Gasteiger partial charge in [0.2, 0.25) is 0 Å². The highest BCUT2D eigenvalue weighted by atomic mass is 16.5. The van der Waals surface area contributed by atoms with E-state index < -0.39 is 0 Å². The summed E-state index contributed by atoms with van der Waals surface area (Å²) in [4.78, 5) is 24.0. The van der Waals surface area contributed by atoms with E-state index in [1.807, 2.05) is 12.2 Å². The van der Waals surface area contributed by atoms with Crippen molar-refractivity contribution in [1.82, 2.24) is 0 Å². The first-order valence-corrected chi connectivity index (χ1v) is 8.62. The zero-order valence-electron chi connectivity index (χ0n) is 13.9. The Hall–Kier alpha value is -1.90. The van der Waals surface area contributed by atoms with Crippen LogP contribution in [0.25, 0.3) is 0 Å². The summed E-state index contributed by atoms with van der Waals surface area (Å²) in [5, 5.41) is 0. The minimum atomic E-state index is -0.180. The van der Waals surface area contributed by atoms with Gasteiger partial charge in [-0.1, -0.05) is 43.4 Å². The number of rotatable bonds is 3. The maximum Gasteiger partial charge on any atom is 0.306 e. The Bertz CT molecular complexity index is 537. The van der Waals surface area contributed by atoms with Crippen LogP contribution in [0, 0.1) is 5.92 Å². The lowest BCUT2D eigenvalue weighted by Gasteiger charge is -2.16. The van der Waals surface area contributed by atoms with E-state index in [9.17, 15) is 9.59 Å². The predicted octanol–water partition coefficient (Wildman–Crippen LogP) is 4.46. The molecule has 0 saturated heterocycles. The summed E-state index contributed by atoms with van der Waals surface area (Å²) in [6.07, 6.45) is 19.0. The summed E-state index contributed by atoms with van der Waals surface area (Å²) in [6, 6.07) is 0. The third-order valence-electron chi connectivity index (χ3n) is 4.17. The average molecular weight is 314 g/mol. The summed E-state index contributed by atoms with van der Waals surface area (Å²) >= 11 is 0. The van der Waals surface area contributed by atoms with Crippen LogP contribution in [0.15, 0.2) is 48.1 Å². The van der Waals surface area contributed by atoms with Crippen molar-refractivity contribution >= 4 is 11.8 Å². The normalized spacial score (nSPS) is 29.9. The van der Waals surface area contributed by atoms with Gasteiger partial charge in [-0.25, -0.2) is 0 Å². The maximum atomic E-state index is 12.0. The van der Waals surface area contributed by atoms with Crippen LogP contribution in [0.5, 0.6) is 0 Å². The summed E-state index contributed by atoms with van der Waals surface area (Å²) in [7, 11) is 0. The second-order valence-corrected chi connectivity index (χ2v) is 6.05. The zero-order valence-corrected chi connectivity index (χ0v) is 13.9. The monoisotopic (exact) mass is 314 g/mol. The van der Waals surface area contributed by atoms with Crippen molar-refractivity contribution < 1.29 is 14.3 Å². The smallest absolute Gasteiger partial charge is 0.306 e. The topological polar surface area (TPSA) is 43.4 Å². The van der Waals surface area contributed by atoms with Crippen molar-refractivity contribution in [3.63, 3.8) is 0 Å². The fourth-order valence-electron chi connectivity index (χ4n) is 2.88. The number of ether oxygens (including phenoxy) is 1. The second-order valence-electron chi connectivity index (χ2n) is 6.05. The van der Waals surface area contributed by atoms with Crippen molar-refractivity contribution in [3.05, 3.63) is 48.1 Å². The minimum Gasteiger partial charge on any atom is -0.462 e. The Labute approximate surface area is 138 Å². The molecule has 0 bridgehead atoms. The molecule has 0 radical (unpaired) electrons. The van der Waals surface area contributed by atoms with E-state index in [0.717, 1.165) is 31.3 Å². The van der Waals surface area contributed by atoms with Crippen LogP contribution in [0.3, 0.4) is 0 Å². The molecule has 0 N–H and O–H groups in total. The molecule has 0 saturated carbocycles. The van der Waals surface area contributed by atoms with Gasteiger partial charge in [0.05, 0.1) is 0 Å². The lowest BCUT2D eigenvalue weighted by atomic mass is 9.96. The molecule has 2 atom stereocenters. The van der Waals surface area contributed by atoms with Gasteiger partial charge in [0.15, 0.2) is 5.78 Å². The molecule has 3 heteroatoms. The fourth-order valence-corrected chi connectivity index (χ4v) is 2.88. The number of carbonyl (C=O) groups excluding carboxylic acids is 2. The Morgan fingerprint density at radius 1 is 1.22 bits per heavy atom. The highest BCUT2D eigenvalue weighted by Gasteiger charge is 2.23. The first-order valence-electron chi connectivity index (χ1n) is 8.62. The number of ketones is 1. The molecule has 23 heavy (non-hydrogen) atoms. The maximum absolute atomic E-state index is 12.0. The van der Waals surface area contributed by atoms with Gasteiger partial charge in [-0.3, -0.25) is 9.59 Å². The van der Waals surface area contributed by atoms with E-state index in [4.69, 9.17) is 4.74 Å². The van der Waals surface area contributed by atoms with E-state index in [2.05, 4.69) is 31.2 Å². The molecule has 1 heterocycles. The van der Waals surface area contributed by atoms with Gasteiger partial charge in [0.25, 0.3) is 0 Å². The van der Waals surface area contributed by atoms with E-state index >= 15 is 0 Å². The van der Waals surface area contributed by atoms with Crippen molar-refractivity contribution in [2.24, 2.45) is 5.92 Å². The number of hydrogen-bond acceptors (Lipinski definition) is 3. The Kier molecular flexibility index (Phi) is 7.05. The van der Waals surface area contributed by atoms with Crippen LogP contribution in [0.4, 0.5) is 0 Å². The standard InChI is InChI=1S/C20H26O3/c1-2-3-6-10-17-13-14-18-16(12-15-19(18)21)9-7-4-5-8-11-20(22)23-17/h3-4,6-7,12,14-17H,2,5,8-11,13H2,1H3/b6-3-,7-4-,18-14+. The molecule has 0 fully saturated rings. The molecule has 0 aromatic carbocycles. The third-order valence-corrected chi connectivity index (χ3v) is 4.17. The van der Waals surface area contributed by atoms with Crippen LogP contribution in [0.2, 0.25) is 0 Å². The highest BCUT2D eigenvalue weighted by molar-refractivity contribution is 6.07.